The van der Waals surface area contributed by atoms with Gasteiger partial charge in [-0.15, -0.1) is 0 Å². The molecule has 0 fully saturated rings. The standard InChI is InChI=1S/C16H25N3O/c1-3-18(4-2)16(20)12-19-11-7-9-14(17)13-8-5-6-10-15(13)19/h5-6,8,10,14H,3-4,7,9,11-12,17H2,1-2H3. The molecule has 1 unspecified atom stereocenters. The molecule has 20 heavy (non-hydrogen) atoms. The summed E-state index contributed by atoms with van der Waals surface area (Å²) in [5.41, 5.74) is 8.52. The van der Waals surface area contributed by atoms with E-state index in [1.165, 1.54) is 0 Å². The van der Waals surface area contributed by atoms with Crippen molar-refractivity contribution in [1.29, 1.82) is 0 Å². The van der Waals surface area contributed by atoms with Crippen LogP contribution in [-0.4, -0.2) is 37.0 Å². The summed E-state index contributed by atoms with van der Waals surface area (Å²) in [6.07, 6.45) is 2.01. The van der Waals surface area contributed by atoms with E-state index in [2.05, 4.69) is 17.0 Å². The number of carbonyl (C=O) groups is 1. The van der Waals surface area contributed by atoms with Crippen LogP contribution in [0.2, 0.25) is 0 Å². The van der Waals surface area contributed by atoms with E-state index in [-0.39, 0.29) is 11.9 Å². The monoisotopic (exact) mass is 275 g/mol. The third-order valence-corrected chi connectivity index (χ3v) is 4.06. The molecule has 0 bridgehead atoms. The minimum Gasteiger partial charge on any atom is -0.362 e. The number of likely N-dealkylation sites (N-methyl/N-ethyl adjacent to an activating group) is 1. The molecule has 110 valence electrons. The predicted octanol–water partition coefficient (Wildman–Crippen LogP) is 2.16. The van der Waals surface area contributed by atoms with E-state index in [1.54, 1.807) is 0 Å². The van der Waals surface area contributed by atoms with Crippen LogP contribution >= 0.6 is 0 Å². The van der Waals surface area contributed by atoms with Crippen LogP contribution in [0.4, 0.5) is 5.69 Å². The predicted molar refractivity (Wildman–Crippen MR) is 82.7 cm³/mol. The Morgan fingerprint density at radius 1 is 1.35 bits per heavy atom. The molecule has 0 radical (unpaired) electrons. The number of para-hydroxylation sites is 1. The van der Waals surface area contributed by atoms with Gasteiger partial charge in [-0.3, -0.25) is 4.79 Å². The van der Waals surface area contributed by atoms with Crippen LogP contribution in [0.15, 0.2) is 24.3 Å². The van der Waals surface area contributed by atoms with Gasteiger partial charge in [0.15, 0.2) is 0 Å². The molecule has 1 aliphatic rings. The van der Waals surface area contributed by atoms with E-state index in [9.17, 15) is 4.79 Å². The number of fused-ring (bicyclic) bond motifs is 1. The van der Waals surface area contributed by atoms with Crippen molar-refractivity contribution in [3.63, 3.8) is 0 Å². The SMILES string of the molecule is CCN(CC)C(=O)CN1CCCC(N)c2ccccc21. The van der Waals surface area contributed by atoms with E-state index in [0.29, 0.717) is 6.54 Å². The number of amides is 1. The number of benzene rings is 1. The summed E-state index contributed by atoms with van der Waals surface area (Å²) in [6.45, 7) is 6.93. The van der Waals surface area contributed by atoms with E-state index < -0.39 is 0 Å². The minimum absolute atomic E-state index is 0.0831. The van der Waals surface area contributed by atoms with Gasteiger partial charge in [-0.2, -0.15) is 0 Å². The summed E-state index contributed by atoms with van der Waals surface area (Å²) < 4.78 is 0. The number of rotatable bonds is 4. The highest BCUT2D eigenvalue weighted by Crippen LogP contribution is 2.31. The summed E-state index contributed by atoms with van der Waals surface area (Å²) in [4.78, 5) is 16.4. The first-order chi connectivity index (χ1) is 9.67. The Hall–Kier alpha value is -1.55. The largest absolute Gasteiger partial charge is 0.362 e. The first-order valence-electron chi connectivity index (χ1n) is 7.54. The average molecular weight is 275 g/mol. The van der Waals surface area contributed by atoms with Crippen molar-refractivity contribution >= 4 is 11.6 Å². The highest BCUT2D eigenvalue weighted by molar-refractivity contribution is 5.82. The molecule has 0 saturated heterocycles. The first kappa shape index (κ1) is 14.9. The van der Waals surface area contributed by atoms with Gasteiger partial charge >= 0.3 is 0 Å². The molecule has 0 spiro atoms. The molecule has 1 atom stereocenters. The van der Waals surface area contributed by atoms with Crippen molar-refractivity contribution in [3.05, 3.63) is 29.8 Å². The molecule has 4 heteroatoms. The van der Waals surface area contributed by atoms with Gasteiger partial charge in [-0.05, 0) is 38.3 Å². The number of carbonyl (C=O) groups excluding carboxylic acids is 1. The molecule has 0 aromatic heterocycles. The van der Waals surface area contributed by atoms with Crippen molar-refractivity contribution < 1.29 is 4.79 Å². The van der Waals surface area contributed by atoms with Crippen LogP contribution < -0.4 is 10.6 Å². The van der Waals surface area contributed by atoms with E-state index in [4.69, 9.17) is 5.73 Å². The van der Waals surface area contributed by atoms with Crippen molar-refractivity contribution in [1.82, 2.24) is 4.90 Å². The summed E-state index contributed by atoms with van der Waals surface area (Å²) in [5.74, 6) is 0.195. The molecule has 1 aromatic rings. The van der Waals surface area contributed by atoms with Crippen LogP contribution in [0, 0.1) is 0 Å². The number of anilines is 1. The summed E-state index contributed by atoms with van der Waals surface area (Å²) >= 11 is 0. The molecular formula is C16H25N3O. The maximum Gasteiger partial charge on any atom is 0.242 e. The molecule has 1 aromatic carbocycles. The molecule has 2 rings (SSSR count). The fourth-order valence-electron chi connectivity index (χ4n) is 2.87. The Bertz CT molecular complexity index is 457. The molecule has 0 saturated carbocycles. The van der Waals surface area contributed by atoms with Gasteiger partial charge in [0, 0.05) is 31.4 Å². The van der Waals surface area contributed by atoms with Crippen LogP contribution in [0.5, 0.6) is 0 Å². The summed E-state index contributed by atoms with van der Waals surface area (Å²) in [5, 5.41) is 0. The fourth-order valence-corrected chi connectivity index (χ4v) is 2.87. The second kappa shape index (κ2) is 6.75. The third-order valence-electron chi connectivity index (χ3n) is 4.06. The smallest absolute Gasteiger partial charge is 0.242 e. The van der Waals surface area contributed by atoms with Gasteiger partial charge < -0.3 is 15.5 Å². The lowest BCUT2D eigenvalue weighted by Crippen LogP contribution is -2.40. The maximum absolute atomic E-state index is 12.3. The second-order valence-electron chi connectivity index (χ2n) is 5.30. The minimum atomic E-state index is 0.0831. The van der Waals surface area contributed by atoms with Gasteiger partial charge in [0.05, 0.1) is 6.54 Å². The van der Waals surface area contributed by atoms with E-state index in [0.717, 1.165) is 43.7 Å². The van der Waals surface area contributed by atoms with Gasteiger partial charge in [-0.1, -0.05) is 18.2 Å². The van der Waals surface area contributed by atoms with Gasteiger partial charge in [0.25, 0.3) is 0 Å². The van der Waals surface area contributed by atoms with Crippen molar-refractivity contribution in [2.75, 3.05) is 31.1 Å². The van der Waals surface area contributed by atoms with Gasteiger partial charge in [0.1, 0.15) is 0 Å². The van der Waals surface area contributed by atoms with E-state index in [1.807, 2.05) is 30.9 Å². The molecule has 1 heterocycles. The molecule has 1 aliphatic heterocycles. The quantitative estimate of drug-likeness (QED) is 0.916. The Balaban J connectivity index is 2.19. The van der Waals surface area contributed by atoms with Crippen LogP contribution in [0.3, 0.4) is 0 Å². The van der Waals surface area contributed by atoms with E-state index >= 15 is 0 Å². The second-order valence-corrected chi connectivity index (χ2v) is 5.30. The number of nitrogens with two attached hydrogens (primary N) is 1. The fraction of sp³-hybridized carbons (Fsp3) is 0.562. The number of hydrogen-bond acceptors (Lipinski definition) is 3. The van der Waals surface area contributed by atoms with Crippen LogP contribution in [0.25, 0.3) is 0 Å². The van der Waals surface area contributed by atoms with Crippen LogP contribution in [0.1, 0.15) is 38.3 Å². The normalized spacial score (nSPS) is 18.4. The molecule has 4 nitrogen and oxygen atoms in total. The first-order valence-corrected chi connectivity index (χ1v) is 7.54. The lowest BCUT2D eigenvalue weighted by atomic mass is 10.0. The zero-order valence-corrected chi connectivity index (χ0v) is 12.5. The lowest BCUT2D eigenvalue weighted by Gasteiger charge is -2.28. The van der Waals surface area contributed by atoms with Crippen molar-refractivity contribution in [2.45, 2.75) is 32.7 Å². The lowest BCUT2D eigenvalue weighted by molar-refractivity contribution is -0.129. The highest BCUT2D eigenvalue weighted by Gasteiger charge is 2.22. The third kappa shape index (κ3) is 3.12. The van der Waals surface area contributed by atoms with Gasteiger partial charge in [-0.25, -0.2) is 0 Å². The molecule has 0 aliphatic carbocycles. The zero-order chi connectivity index (χ0) is 14.5. The molecular weight excluding hydrogens is 250 g/mol. The molecule has 2 N–H and O–H groups in total. The maximum atomic E-state index is 12.3. The number of hydrogen-bond donors (Lipinski definition) is 1. The summed E-state index contributed by atoms with van der Waals surface area (Å²) in [7, 11) is 0. The Kier molecular flexibility index (Phi) is 5.01. The average Bonchev–Trinajstić information content (AvgIpc) is 2.61. The highest BCUT2D eigenvalue weighted by atomic mass is 16.2. The zero-order valence-electron chi connectivity index (χ0n) is 12.5. The van der Waals surface area contributed by atoms with Crippen molar-refractivity contribution in [2.24, 2.45) is 5.73 Å². The Labute approximate surface area is 121 Å². The summed E-state index contributed by atoms with van der Waals surface area (Å²) in [6, 6.07) is 8.29. The van der Waals surface area contributed by atoms with Crippen LogP contribution in [-0.2, 0) is 4.79 Å². The molecule has 1 amide bonds. The van der Waals surface area contributed by atoms with Gasteiger partial charge in [0.2, 0.25) is 5.91 Å². The Morgan fingerprint density at radius 2 is 2.05 bits per heavy atom. The topological polar surface area (TPSA) is 49.6 Å². The Morgan fingerprint density at radius 3 is 2.75 bits per heavy atom. The number of nitrogens with zero attached hydrogens (tertiary/aromatic N) is 2. The van der Waals surface area contributed by atoms with Crippen molar-refractivity contribution in [3.8, 4) is 0 Å².